The number of nitrogens with zero attached hydrogens (tertiary/aromatic N) is 1. The second-order valence-electron chi connectivity index (χ2n) is 6.10. The van der Waals surface area contributed by atoms with E-state index >= 15 is 0 Å². The number of hydrogen-bond donors (Lipinski definition) is 1. The summed E-state index contributed by atoms with van der Waals surface area (Å²) in [6.07, 6.45) is 2.24. The number of rotatable bonds is 4. The minimum Gasteiger partial charge on any atom is -0.378 e. The van der Waals surface area contributed by atoms with Crippen LogP contribution in [0.4, 0.5) is 0 Å². The predicted octanol–water partition coefficient (Wildman–Crippen LogP) is 0.927. The fourth-order valence-electron chi connectivity index (χ4n) is 2.97. The highest BCUT2D eigenvalue weighted by Gasteiger charge is 2.50. The van der Waals surface area contributed by atoms with Crippen LogP contribution in [0.25, 0.3) is 0 Å². The van der Waals surface area contributed by atoms with E-state index in [1.54, 1.807) is 7.05 Å². The lowest BCUT2D eigenvalue weighted by molar-refractivity contribution is -0.151. The number of likely N-dealkylation sites (tertiary alicyclic amines) is 1. The molecule has 2 amide bonds. The van der Waals surface area contributed by atoms with Gasteiger partial charge in [-0.25, -0.2) is 0 Å². The SMILES string of the molecule is CCOC1CC(NC2CCC(=O)N(C)C2=O)C1(C)C. The standard InChI is InChI=1S/C14H24N2O3/c1-5-19-11-8-10(14(11,2)3)15-9-6-7-12(17)16(4)13(9)18/h9-11,15H,5-8H2,1-4H3. The van der Waals surface area contributed by atoms with Crippen LogP contribution in [0.3, 0.4) is 0 Å². The third kappa shape index (κ3) is 2.54. The number of hydrogen-bond acceptors (Lipinski definition) is 4. The number of amides is 2. The molecule has 2 rings (SSSR count). The molecular formula is C14H24N2O3. The van der Waals surface area contributed by atoms with Crippen molar-refractivity contribution in [3.8, 4) is 0 Å². The normalized spacial score (nSPS) is 34.3. The Morgan fingerprint density at radius 2 is 2.11 bits per heavy atom. The molecule has 1 heterocycles. The Bertz CT molecular complexity index is 381. The molecule has 0 radical (unpaired) electrons. The van der Waals surface area contributed by atoms with Gasteiger partial charge in [0, 0.05) is 31.5 Å². The van der Waals surface area contributed by atoms with Gasteiger partial charge in [-0.1, -0.05) is 13.8 Å². The highest BCUT2D eigenvalue weighted by Crippen LogP contribution is 2.43. The summed E-state index contributed by atoms with van der Waals surface area (Å²) in [6, 6.07) is 0.0501. The molecule has 5 heteroatoms. The molecule has 108 valence electrons. The maximum atomic E-state index is 12.0. The summed E-state index contributed by atoms with van der Waals surface area (Å²) in [6.45, 7) is 7.05. The van der Waals surface area contributed by atoms with Crippen LogP contribution in [0.5, 0.6) is 0 Å². The number of carbonyl (C=O) groups is 2. The van der Waals surface area contributed by atoms with E-state index in [-0.39, 0.29) is 35.4 Å². The fourth-order valence-corrected chi connectivity index (χ4v) is 2.97. The largest absolute Gasteiger partial charge is 0.378 e. The van der Waals surface area contributed by atoms with Gasteiger partial charge in [0.15, 0.2) is 0 Å². The van der Waals surface area contributed by atoms with Crippen LogP contribution in [0.1, 0.15) is 40.0 Å². The lowest BCUT2D eigenvalue weighted by Gasteiger charge is -2.53. The average Bonchev–Trinajstić information content (AvgIpc) is 2.37. The highest BCUT2D eigenvalue weighted by molar-refractivity contribution is 6.00. The summed E-state index contributed by atoms with van der Waals surface area (Å²) in [5.41, 5.74) is 0.0380. The van der Waals surface area contributed by atoms with Gasteiger partial charge in [-0.3, -0.25) is 14.5 Å². The number of nitrogens with one attached hydrogen (secondary N) is 1. The molecule has 0 spiro atoms. The van der Waals surface area contributed by atoms with E-state index in [9.17, 15) is 9.59 Å². The van der Waals surface area contributed by atoms with Gasteiger partial charge < -0.3 is 10.1 Å². The van der Waals surface area contributed by atoms with Crippen molar-refractivity contribution in [3.05, 3.63) is 0 Å². The van der Waals surface area contributed by atoms with E-state index in [2.05, 4.69) is 19.2 Å². The fraction of sp³-hybridized carbons (Fsp3) is 0.857. The molecule has 0 aromatic rings. The third-order valence-corrected chi connectivity index (χ3v) is 4.60. The Morgan fingerprint density at radius 1 is 1.42 bits per heavy atom. The van der Waals surface area contributed by atoms with Crippen LogP contribution in [0.15, 0.2) is 0 Å². The van der Waals surface area contributed by atoms with Crippen molar-refractivity contribution in [2.45, 2.75) is 58.2 Å². The Hall–Kier alpha value is -0.940. The van der Waals surface area contributed by atoms with Gasteiger partial charge in [0.05, 0.1) is 12.1 Å². The Labute approximate surface area is 114 Å². The highest BCUT2D eigenvalue weighted by atomic mass is 16.5. The van der Waals surface area contributed by atoms with E-state index in [1.807, 2.05) is 6.92 Å². The summed E-state index contributed by atoms with van der Waals surface area (Å²) in [7, 11) is 1.56. The van der Waals surface area contributed by atoms with Crippen molar-refractivity contribution in [3.63, 3.8) is 0 Å². The molecule has 1 aliphatic carbocycles. The summed E-state index contributed by atoms with van der Waals surface area (Å²) in [5, 5.41) is 3.41. The van der Waals surface area contributed by atoms with Gasteiger partial charge in [0.1, 0.15) is 0 Å². The zero-order valence-electron chi connectivity index (χ0n) is 12.2. The quantitative estimate of drug-likeness (QED) is 0.771. The summed E-state index contributed by atoms with van der Waals surface area (Å²) in [4.78, 5) is 24.7. The van der Waals surface area contributed by atoms with E-state index in [0.717, 1.165) is 13.0 Å². The topological polar surface area (TPSA) is 58.6 Å². The van der Waals surface area contributed by atoms with Gasteiger partial charge in [-0.2, -0.15) is 0 Å². The molecule has 0 bridgehead atoms. The van der Waals surface area contributed by atoms with Crippen molar-refractivity contribution in [2.75, 3.05) is 13.7 Å². The van der Waals surface area contributed by atoms with Crippen LogP contribution in [0, 0.1) is 5.41 Å². The molecular weight excluding hydrogens is 244 g/mol. The molecule has 1 aliphatic heterocycles. The molecule has 0 aromatic carbocycles. The van der Waals surface area contributed by atoms with Crippen molar-refractivity contribution < 1.29 is 14.3 Å². The lowest BCUT2D eigenvalue weighted by atomic mass is 9.64. The number of piperidine rings is 1. The smallest absolute Gasteiger partial charge is 0.246 e. The zero-order chi connectivity index (χ0) is 14.2. The molecule has 1 N–H and O–H groups in total. The number of carbonyl (C=O) groups excluding carboxylic acids is 2. The number of ether oxygens (including phenoxy) is 1. The zero-order valence-corrected chi connectivity index (χ0v) is 12.2. The first-order valence-electron chi connectivity index (χ1n) is 7.06. The van der Waals surface area contributed by atoms with Crippen LogP contribution in [-0.4, -0.2) is 48.6 Å². The van der Waals surface area contributed by atoms with Crippen molar-refractivity contribution in [2.24, 2.45) is 5.41 Å². The molecule has 1 saturated carbocycles. The summed E-state index contributed by atoms with van der Waals surface area (Å²) >= 11 is 0. The van der Waals surface area contributed by atoms with Crippen LogP contribution in [-0.2, 0) is 14.3 Å². The third-order valence-electron chi connectivity index (χ3n) is 4.60. The van der Waals surface area contributed by atoms with E-state index in [1.165, 1.54) is 4.90 Å². The van der Waals surface area contributed by atoms with Crippen LogP contribution >= 0.6 is 0 Å². The molecule has 3 atom stereocenters. The minimum absolute atomic E-state index is 0.0380. The lowest BCUT2D eigenvalue weighted by Crippen LogP contribution is -2.65. The Kier molecular flexibility index (Phi) is 3.97. The van der Waals surface area contributed by atoms with Crippen molar-refractivity contribution in [1.29, 1.82) is 0 Å². The van der Waals surface area contributed by atoms with E-state index < -0.39 is 0 Å². The summed E-state index contributed by atoms with van der Waals surface area (Å²) in [5.74, 6) is -0.185. The molecule has 19 heavy (non-hydrogen) atoms. The van der Waals surface area contributed by atoms with Crippen LogP contribution in [0.2, 0.25) is 0 Å². The molecule has 3 unspecified atom stereocenters. The second-order valence-corrected chi connectivity index (χ2v) is 6.10. The maximum absolute atomic E-state index is 12.0. The summed E-state index contributed by atoms with van der Waals surface area (Å²) < 4.78 is 5.69. The van der Waals surface area contributed by atoms with Crippen molar-refractivity contribution in [1.82, 2.24) is 10.2 Å². The van der Waals surface area contributed by atoms with Gasteiger partial charge in [0.2, 0.25) is 11.8 Å². The maximum Gasteiger partial charge on any atom is 0.246 e. The van der Waals surface area contributed by atoms with Crippen molar-refractivity contribution >= 4 is 11.8 Å². The Morgan fingerprint density at radius 3 is 2.68 bits per heavy atom. The molecule has 5 nitrogen and oxygen atoms in total. The first-order valence-corrected chi connectivity index (χ1v) is 7.06. The minimum atomic E-state index is -0.227. The number of imide groups is 1. The molecule has 2 aliphatic rings. The first kappa shape index (κ1) is 14.5. The van der Waals surface area contributed by atoms with Gasteiger partial charge in [-0.15, -0.1) is 0 Å². The van der Waals surface area contributed by atoms with E-state index in [4.69, 9.17) is 4.74 Å². The predicted molar refractivity (Wildman–Crippen MR) is 71.5 cm³/mol. The first-order chi connectivity index (χ1) is 8.87. The monoisotopic (exact) mass is 268 g/mol. The molecule has 2 fully saturated rings. The molecule has 0 aromatic heterocycles. The number of likely N-dealkylation sites (N-methyl/N-ethyl adjacent to an activating group) is 1. The van der Waals surface area contributed by atoms with Gasteiger partial charge in [0.25, 0.3) is 0 Å². The van der Waals surface area contributed by atoms with Gasteiger partial charge in [-0.05, 0) is 19.8 Å². The Balaban J connectivity index is 1.93. The second kappa shape index (κ2) is 5.21. The van der Waals surface area contributed by atoms with E-state index in [0.29, 0.717) is 12.8 Å². The molecule has 1 saturated heterocycles. The average molecular weight is 268 g/mol. The van der Waals surface area contributed by atoms with Gasteiger partial charge >= 0.3 is 0 Å². The van der Waals surface area contributed by atoms with Crippen LogP contribution < -0.4 is 5.32 Å².